The Balaban J connectivity index is 1.84. The predicted octanol–water partition coefficient (Wildman–Crippen LogP) is 2.93. The number of methoxy groups -OCH3 is 1. The van der Waals surface area contributed by atoms with Gasteiger partial charge in [-0.2, -0.15) is 11.3 Å². The van der Waals surface area contributed by atoms with Crippen molar-refractivity contribution < 1.29 is 14.6 Å². The first-order valence-corrected chi connectivity index (χ1v) is 8.17. The highest BCUT2D eigenvalue weighted by Crippen LogP contribution is 2.20. The van der Waals surface area contributed by atoms with E-state index >= 15 is 0 Å². The van der Waals surface area contributed by atoms with Gasteiger partial charge in [0.15, 0.2) is 0 Å². The summed E-state index contributed by atoms with van der Waals surface area (Å²) in [7, 11) is 1.60. The maximum atomic E-state index is 11.9. The molecule has 22 heavy (non-hydrogen) atoms. The number of thiophene rings is 1. The van der Waals surface area contributed by atoms with Crippen LogP contribution >= 0.6 is 11.3 Å². The Hall–Kier alpha value is -1.85. The van der Waals surface area contributed by atoms with Crippen molar-refractivity contribution in [2.45, 2.75) is 31.9 Å². The molecule has 0 fully saturated rings. The van der Waals surface area contributed by atoms with Crippen LogP contribution in [0.5, 0.6) is 5.75 Å². The van der Waals surface area contributed by atoms with E-state index in [1.165, 1.54) is 5.56 Å². The minimum Gasteiger partial charge on any atom is -0.497 e. The normalized spacial score (nSPS) is 13.4. The summed E-state index contributed by atoms with van der Waals surface area (Å²) >= 11 is 1.63. The molecule has 2 aromatic rings. The standard InChI is InChI=1S/C17H21NO3S/c1-12(17(20)14-4-6-15(21-2)7-5-14)18-16(19)8-3-13-9-10-22-11-13/h4-7,9-12,17,20H,3,8H2,1-2H3,(H,18,19). The minimum atomic E-state index is -0.740. The van der Waals surface area contributed by atoms with Gasteiger partial charge in [0, 0.05) is 6.42 Å². The summed E-state index contributed by atoms with van der Waals surface area (Å²) in [6, 6.07) is 8.87. The second-order valence-electron chi connectivity index (χ2n) is 5.21. The van der Waals surface area contributed by atoms with E-state index in [0.717, 1.165) is 17.7 Å². The lowest BCUT2D eigenvalue weighted by Gasteiger charge is -2.21. The number of hydrogen-bond donors (Lipinski definition) is 2. The molecular formula is C17H21NO3S. The number of carbonyl (C=O) groups excluding carboxylic acids is 1. The lowest BCUT2D eigenvalue weighted by atomic mass is 10.0. The van der Waals surface area contributed by atoms with Crippen molar-refractivity contribution in [1.29, 1.82) is 0 Å². The molecule has 2 atom stereocenters. The van der Waals surface area contributed by atoms with E-state index < -0.39 is 6.10 Å². The molecule has 0 saturated heterocycles. The monoisotopic (exact) mass is 319 g/mol. The number of rotatable bonds is 7. The Kier molecular flexibility index (Phi) is 5.98. The van der Waals surface area contributed by atoms with Crippen LogP contribution in [0, 0.1) is 0 Å². The molecule has 0 bridgehead atoms. The van der Waals surface area contributed by atoms with Crippen LogP contribution in [0.4, 0.5) is 0 Å². The van der Waals surface area contributed by atoms with Gasteiger partial charge in [0.25, 0.3) is 0 Å². The molecule has 0 aliphatic carbocycles. The molecule has 1 heterocycles. The van der Waals surface area contributed by atoms with Gasteiger partial charge in [-0.25, -0.2) is 0 Å². The smallest absolute Gasteiger partial charge is 0.220 e. The van der Waals surface area contributed by atoms with Gasteiger partial charge >= 0.3 is 0 Å². The first-order valence-electron chi connectivity index (χ1n) is 7.22. The number of benzene rings is 1. The van der Waals surface area contributed by atoms with E-state index in [9.17, 15) is 9.90 Å². The Bertz CT molecular complexity index is 580. The molecule has 118 valence electrons. The summed E-state index contributed by atoms with van der Waals surface area (Å²) in [5, 5.41) is 17.2. The largest absolute Gasteiger partial charge is 0.497 e. The van der Waals surface area contributed by atoms with E-state index in [4.69, 9.17) is 4.74 Å². The van der Waals surface area contributed by atoms with Crippen molar-refractivity contribution in [2.75, 3.05) is 7.11 Å². The Labute approximate surface area is 134 Å². The minimum absolute atomic E-state index is 0.0498. The quantitative estimate of drug-likeness (QED) is 0.825. The van der Waals surface area contributed by atoms with Crippen LogP contribution < -0.4 is 10.1 Å². The third-order valence-corrected chi connectivity index (χ3v) is 4.27. The lowest BCUT2D eigenvalue weighted by Crippen LogP contribution is -2.37. The molecule has 1 aromatic carbocycles. The summed E-state index contributed by atoms with van der Waals surface area (Å²) in [6.45, 7) is 1.80. The number of aryl methyl sites for hydroxylation is 1. The van der Waals surface area contributed by atoms with E-state index in [1.807, 2.05) is 16.8 Å². The van der Waals surface area contributed by atoms with Crippen molar-refractivity contribution in [3.05, 3.63) is 52.2 Å². The summed E-state index contributed by atoms with van der Waals surface area (Å²) in [5.74, 6) is 0.690. The molecule has 0 aliphatic rings. The van der Waals surface area contributed by atoms with E-state index in [1.54, 1.807) is 49.6 Å². The number of aliphatic hydroxyl groups excluding tert-OH is 1. The zero-order valence-corrected chi connectivity index (χ0v) is 13.6. The SMILES string of the molecule is COc1ccc(C(O)C(C)NC(=O)CCc2ccsc2)cc1. The van der Waals surface area contributed by atoms with Crippen LogP contribution in [0.15, 0.2) is 41.1 Å². The van der Waals surface area contributed by atoms with Crippen molar-refractivity contribution >= 4 is 17.2 Å². The molecule has 0 spiro atoms. The summed E-state index contributed by atoms with van der Waals surface area (Å²) < 4.78 is 5.09. The van der Waals surface area contributed by atoms with Crippen LogP contribution in [0.3, 0.4) is 0 Å². The second kappa shape index (κ2) is 7.96. The van der Waals surface area contributed by atoms with Gasteiger partial charge in [0.2, 0.25) is 5.91 Å². The van der Waals surface area contributed by atoms with Crippen molar-refractivity contribution in [2.24, 2.45) is 0 Å². The topological polar surface area (TPSA) is 58.6 Å². The molecule has 0 saturated carbocycles. The molecule has 1 aromatic heterocycles. The molecule has 0 aliphatic heterocycles. The lowest BCUT2D eigenvalue weighted by molar-refractivity contribution is -0.122. The molecule has 2 unspecified atom stereocenters. The van der Waals surface area contributed by atoms with Crippen LogP contribution in [0.2, 0.25) is 0 Å². The number of nitrogens with one attached hydrogen (secondary N) is 1. The fourth-order valence-corrected chi connectivity index (χ4v) is 2.89. The van der Waals surface area contributed by atoms with Gasteiger partial charge in [0.1, 0.15) is 5.75 Å². The molecule has 2 N–H and O–H groups in total. The molecule has 5 heteroatoms. The third-order valence-electron chi connectivity index (χ3n) is 3.54. The van der Waals surface area contributed by atoms with Crippen LogP contribution in [-0.2, 0) is 11.2 Å². The van der Waals surface area contributed by atoms with Gasteiger partial charge in [0.05, 0.1) is 19.3 Å². The van der Waals surface area contributed by atoms with Crippen LogP contribution in [0.1, 0.15) is 30.6 Å². The number of carbonyl (C=O) groups is 1. The molecule has 4 nitrogen and oxygen atoms in total. The maximum Gasteiger partial charge on any atom is 0.220 e. The zero-order valence-electron chi connectivity index (χ0n) is 12.8. The number of aliphatic hydroxyl groups is 1. The fraction of sp³-hybridized carbons (Fsp3) is 0.353. The summed E-state index contributed by atoms with van der Waals surface area (Å²) in [5.41, 5.74) is 1.93. The zero-order chi connectivity index (χ0) is 15.9. The Morgan fingerprint density at radius 1 is 1.32 bits per heavy atom. The van der Waals surface area contributed by atoms with Crippen LogP contribution in [0.25, 0.3) is 0 Å². The van der Waals surface area contributed by atoms with Gasteiger partial charge in [-0.05, 0) is 53.4 Å². The average molecular weight is 319 g/mol. The first kappa shape index (κ1) is 16.5. The maximum absolute atomic E-state index is 11.9. The van der Waals surface area contributed by atoms with E-state index in [-0.39, 0.29) is 11.9 Å². The second-order valence-corrected chi connectivity index (χ2v) is 5.99. The van der Waals surface area contributed by atoms with E-state index in [2.05, 4.69) is 5.32 Å². The van der Waals surface area contributed by atoms with Gasteiger partial charge in [-0.15, -0.1) is 0 Å². The van der Waals surface area contributed by atoms with Gasteiger partial charge < -0.3 is 15.2 Å². The predicted molar refractivity (Wildman–Crippen MR) is 88.2 cm³/mol. The van der Waals surface area contributed by atoms with Crippen molar-refractivity contribution in [1.82, 2.24) is 5.32 Å². The highest BCUT2D eigenvalue weighted by Gasteiger charge is 2.18. The van der Waals surface area contributed by atoms with E-state index in [0.29, 0.717) is 6.42 Å². The molecule has 1 amide bonds. The molecule has 2 rings (SSSR count). The Morgan fingerprint density at radius 2 is 2.05 bits per heavy atom. The highest BCUT2D eigenvalue weighted by atomic mass is 32.1. The van der Waals surface area contributed by atoms with Crippen molar-refractivity contribution in [3.8, 4) is 5.75 Å². The average Bonchev–Trinajstić information content (AvgIpc) is 3.05. The van der Waals surface area contributed by atoms with Crippen LogP contribution in [-0.4, -0.2) is 24.2 Å². The fourth-order valence-electron chi connectivity index (χ4n) is 2.19. The molecular weight excluding hydrogens is 298 g/mol. The van der Waals surface area contributed by atoms with Gasteiger partial charge in [-0.1, -0.05) is 12.1 Å². The summed E-state index contributed by atoms with van der Waals surface area (Å²) in [4.78, 5) is 11.9. The third kappa shape index (κ3) is 4.58. The Morgan fingerprint density at radius 3 is 2.64 bits per heavy atom. The van der Waals surface area contributed by atoms with Gasteiger partial charge in [-0.3, -0.25) is 4.79 Å². The summed E-state index contributed by atoms with van der Waals surface area (Å²) in [6.07, 6.45) is 0.410. The number of ether oxygens (including phenoxy) is 1. The number of amides is 1. The first-order chi connectivity index (χ1) is 10.6. The van der Waals surface area contributed by atoms with Crippen molar-refractivity contribution in [3.63, 3.8) is 0 Å². The number of hydrogen-bond acceptors (Lipinski definition) is 4. The highest BCUT2D eigenvalue weighted by molar-refractivity contribution is 7.07. The molecule has 0 radical (unpaired) electrons.